The summed E-state index contributed by atoms with van der Waals surface area (Å²) in [6, 6.07) is 0. The molecular weight excluding hydrogens is 120 g/mol. The van der Waals surface area contributed by atoms with E-state index >= 15 is 0 Å². The molecule has 1 radical (unpaired) electrons. The maximum Gasteiger partial charge on any atom is -0.0210 e. The van der Waals surface area contributed by atoms with Gasteiger partial charge in [0, 0.05) is 0 Å². The maximum atomic E-state index is 2.42. The molecule has 2 rings (SSSR count). The van der Waals surface area contributed by atoms with Crippen molar-refractivity contribution in [2.24, 2.45) is 17.8 Å². The van der Waals surface area contributed by atoms with Crippen LogP contribution in [0.15, 0.2) is 0 Å². The van der Waals surface area contributed by atoms with Gasteiger partial charge in [-0.15, -0.1) is 0 Å². The Balaban J connectivity index is 1.83. The predicted molar refractivity (Wildman–Crippen MR) is 43.5 cm³/mol. The summed E-state index contributed by atoms with van der Waals surface area (Å²) in [5.74, 6) is 4.88. The lowest BCUT2D eigenvalue weighted by Crippen LogP contribution is -2.09. The topological polar surface area (TPSA) is 0 Å². The molecule has 0 spiro atoms. The molecule has 0 aromatic rings. The second kappa shape index (κ2) is 2.25. The van der Waals surface area contributed by atoms with Crippen molar-refractivity contribution in [3.63, 3.8) is 0 Å². The van der Waals surface area contributed by atoms with Crippen molar-refractivity contribution in [1.82, 2.24) is 0 Å². The molecule has 0 aromatic heterocycles. The Hall–Kier alpha value is 0. The molecule has 0 nitrogen and oxygen atoms in total. The van der Waals surface area contributed by atoms with Gasteiger partial charge in [-0.05, 0) is 49.4 Å². The lowest BCUT2D eigenvalue weighted by molar-refractivity contribution is 0.486. The highest BCUT2D eigenvalue weighted by Gasteiger charge is 2.38. The zero-order valence-electron chi connectivity index (χ0n) is 7.06. The minimum Gasteiger partial charge on any atom is -0.0617 e. The smallest absolute Gasteiger partial charge is 0.0210 e. The average molecular weight is 137 g/mol. The Kier molecular flexibility index (Phi) is 1.51. The summed E-state index contributed by atoms with van der Waals surface area (Å²) in [4.78, 5) is 0. The van der Waals surface area contributed by atoms with E-state index in [-0.39, 0.29) is 0 Å². The summed E-state index contributed by atoms with van der Waals surface area (Å²) in [7, 11) is 0. The van der Waals surface area contributed by atoms with Crippen molar-refractivity contribution in [3.05, 3.63) is 5.92 Å². The normalized spacial score (nSPS) is 29.1. The Morgan fingerprint density at radius 3 is 2.20 bits per heavy atom. The predicted octanol–water partition coefficient (Wildman–Crippen LogP) is 3.04. The summed E-state index contributed by atoms with van der Waals surface area (Å²) < 4.78 is 0. The molecule has 0 bridgehead atoms. The molecule has 0 heterocycles. The maximum absolute atomic E-state index is 2.42. The Labute approximate surface area is 64.0 Å². The van der Waals surface area contributed by atoms with Crippen LogP contribution in [0.25, 0.3) is 0 Å². The van der Waals surface area contributed by atoms with Crippen molar-refractivity contribution in [2.75, 3.05) is 0 Å². The van der Waals surface area contributed by atoms with Crippen LogP contribution in [0.1, 0.15) is 39.5 Å². The SMILES string of the molecule is C[C](C1CC1)C(C)C1CC1. The molecule has 2 aliphatic carbocycles. The average Bonchev–Trinajstić information content (AvgIpc) is 2.73. The second-order valence-corrected chi connectivity index (χ2v) is 4.14. The second-order valence-electron chi connectivity index (χ2n) is 4.14. The van der Waals surface area contributed by atoms with Crippen LogP contribution in [0.4, 0.5) is 0 Å². The molecule has 0 N–H and O–H groups in total. The van der Waals surface area contributed by atoms with E-state index in [2.05, 4.69) is 13.8 Å². The van der Waals surface area contributed by atoms with E-state index in [1.54, 1.807) is 0 Å². The molecule has 0 saturated heterocycles. The quantitative estimate of drug-likeness (QED) is 0.561. The molecule has 57 valence electrons. The standard InChI is InChI=1S/C10H17/c1-7(9-3-4-9)8(2)10-5-6-10/h7,9-10H,3-6H2,1-2H3. The first-order valence-corrected chi connectivity index (χ1v) is 4.62. The fraction of sp³-hybridized carbons (Fsp3) is 0.900. The fourth-order valence-corrected chi connectivity index (χ4v) is 1.88. The summed E-state index contributed by atoms with van der Waals surface area (Å²) in [5, 5.41) is 0. The Morgan fingerprint density at radius 2 is 1.80 bits per heavy atom. The molecule has 0 amide bonds. The molecule has 0 aliphatic heterocycles. The van der Waals surface area contributed by atoms with E-state index in [9.17, 15) is 0 Å². The van der Waals surface area contributed by atoms with Crippen molar-refractivity contribution in [3.8, 4) is 0 Å². The van der Waals surface area contributed by atoms with E-state index in [1.165, 1.54) is 25.7 Å². The van der Waals surface area contributed by atoms with Gasteiger partial charge in [-0.1, -0.05) is 13.8 Å². The number of hydrogen-bond acceptors (Lipinski definition) is 0. The summed E-state index contributed by atoms with van der Waals surface area (Å²) in [5.41, 5.74) is 0. The summed E-state index contributed by atoms with van der Waals surface area (Å²) in [6.07, 6.45) is 5.99. The Morgan fingerprint density at radius 1 is 1.20 bits per heavy atom. The molecule has 2 aliphatic rings. The minimum absolute atomic E-state index is 0.951. The van der Waals surface area contributed by atoms with E-state index in [0.717, 1.165) is 17.8 Å². The lowest BCUT2D eigenvalue weighted by Gasteiger charge is -2.17. The summed E-state index contributed by atoms with van der Waals surface area (Å²) in [6.45, 7) is 4.80. The van der Waals surface area contributed by atoms with Gasteiger partial charge in [0.15, 0.2) is 0 Å². The number of hydrogen-bond donors (Lipinski definition) is 0. The molecule has 2 fully saturated rings. The highest BCUT2D eigenvalue weighted by molar-refractivity contribution is 5.06. The highest BCUT2D eigenvalue weighted by atomic mass is 14.4. The van der Waals surface area contributed by atoms with Crippen LogP contribution < -0.4 is 0 Å². The zero-order valence-corrected chi connectivity index (χ0v) is 7.06. The molecule has 1 unspecified atom stereocenters. The third-order valence-corrected chi connectivity index (χ3v) is 3.27. The van der Waals surface area contributed by atoms with Crippen LogP contribution in [0.3, 0.4) is 0 Å². The van der Waals surface area contributed by atoms with Gasteiger partial charge in [0.1, 0.15) is 0 Å². The van der Waals surface area contributed by atoms with Gasteiger partial charge in [-0.2, -0.15) is 0 Å². The molecule has 2 saturated carbocycles. The monoisotopic (exact) mass is 137 g/mol. The van der Waals surface area contributed by atoms with Crippen LogP contribution in [-0.2, 0) is 0 Å². The van der Waals surface area contributed by atoms with Gasteiger partial charge in [0.25, 0.3) is 0 Å². The van der Waals surface area contributed by atoms with Gasteiger partial charge >= 0.3 is 0 Å². The van der Waals surface area contributed by atoms with Crippen molar-refractivity contribution >= 4 is 0 Å². The van der Waals surface area contributed by atoms with Crippen LogP contribution in [-0.4, -0.2) is 0 Å². The summed E-state index contributed by atoms with van der Waals surface area (Å²) >= 11 is 0. The van der Waals surface area contributed by atoms with Gasteiger partial charge in [0.05, 0.1) is 0 Å². The van der Waals surface area contributed by atoms with Crippen LogP contribution in [0, 0.1) is 23.7 Å². The van der Waals surface area contributed by atoms with Crippen molar-refractivity contribution < 1.29 is 0 Å². The highest BCUT2D eigenvalue weighted by Crippen LogP contribution is 2.49. The van der Waals surface area contributed by atoms with Crippen LogP contribution in [0.5, 0.6) is 0 Å². The van der Waals surface area contributed by atoms with Gasteiger partial charge in [0.2, 0.25) is 0 Å². The third kappa shape index (κ3) is 1.21. The third-order valence-electron chi connectivity index (χ3n) is 3.27. The van der Waals surface area contributed by atoms with Gasteiger partial charge in [-0.3, -0.25) is 0 Å². The molecule has 10 heavy (non-hydrogen) atoms. The van der Waals surface area contributed by atoms with Gasteiger partial charge < -0.3 is 0 Å². The molecule has 0 aromatic carbocycles. The van der Waals surface area contributed by atoms with Crippen molar-refractivity contribution in [1.29, 1.82) is 0 Å². The molecular formula is C10H17. The van der Waals surface area contributed by atoms with E-state index in [1.807, 2.05) is 5.92 Å². The molecule has 1 atom stereocenters. The first-order valence-electron chi connectivity index (χ1n) is 4.62. The van der Waals surface area contributed by atoms with E-state index < -0.39 is 0 Å². The molecule has 0 heteroatoms. The lowest BCUT2D eigenvalue weighted by atomic mass is 9.88. The Bertz CT molecular complexity index is 104. The van der Waals surface area contributed by atoms with E-state index in [0.29, 0.717) is 0 Å². The fourth-order valence-electron chi connectivity index (χ4n) is 1.88. The van der Waals surface area contributed by atoms with Crippen molar-refractivity contribution in [2.45, 2.75) is 39.5 Å². The number of rotatable bonds is 3. The first kappa shape index (κ1) is 6.69. The van der Waals surface area contributed by atoms with Gasteiger partial charge in [-0.25, -0.2) is 0 Å². The zero-order chi connectivity index (χ0) is 7.14. The largest absolute Gasteiger partial charge is 0.0617 e. The van der Waals surface area contributed by atoms with Crippen LogP contribution >= 0.6 is 0 Å². The van der Waals surface area contributed by atoms with Crippen LogP contribution in [0.2, 0.25) is 0 Å². The first-order chi connectivity index (χ1) is 4.79. The van der Waals surface area contributed by atoms with E-state index in [4.69, 9.17) is 0 Å². The minimum atomic E-state index is 0.951.